The van der Waals surface area contributed by atoms with E-state index in [0.717, 1.165) is 16.9 Å². The van der Waals surface area contributed by atoms with Crippen molar-refractivity contribution in [2.45, 2.75) is 13.0 Å². The van der Waals surface area contributed by atoms with Crippen molar-refractivity contribution in [3.8, 4) is 22.6 Å². The van der Waals surface area contributed by atoms with Gasteiger partial charge in [0.25, 0.3) is 0 Å². The van der Waals surface area contributed by atoms with Crippen LogP contribution in [-0.4, -0.2) is 22.9 Å². The van der Waals surface area contributed by atoms with Gasteiger partial charge in [-0.1, -0.05) is 24.3 Å². The molecule has 0 aromatic heterocycles. The van der Waals surface area contributed by atoms with E-state index in [9.17, 15) is 5.11 Å². The van der Waals surface area contributed by atoms with Gasteiger partial charge in [-0.25, -0.2) is 0 Å². The van der Waals surface area contributed by atoms with Crippen LogP contribution in [0.15, 0.2) is 48.5 Å². The second-order valence-electron chi connectivity index (χ2n) is 4.23. The average molecular weight is 244 g/mol. The lowest BCUT2D eigenvalue weighted by molar-refractivity contribution is 0.123. The molecule has 0 fully saturated rings. The number of phenolic OH excluding ortho intramolecular Hbond substituents is 1. The first kappa shape index (κ1) is 12.5. The van der Waals surface area contributed by atoms with Crippen LogP contribution in [0.2, 0.25) is 0 Å². The third-order valence-electron chi connectivity index (χ3n) is 2.55. The standard InChI is InChI=1S/C15H16O3/c1-11(16)10-18-15-8-4-13(5-9-15)12-2-6-14(17)7-3-12/h2-9,11,16-17H,10H2,1H3. The summed E-state index contributed by atoms with van der Waals surface area (Å²) < 4.78 is 5.39. The van der Waals surface area contributed by atoms with Crippen LogP contribution in [-0.2, 0) is 0 Å². The Balaban J connectivity index is 2.09. The summed E-state index contributed by atoms with van der Waals surface area (Å²) in [6.45, 7) is 1.98. The molecule has 0 saturated carbocycles. The Hall–Kier alpha value is -2.00. The summed E-state index contributed by atoms with van der Waals surface area (Å²) in [6.07, 6.45) is -0.471. The monoisotopic (exact) mass is 244 g/mol. The van der Waals surface area contributed by atoms with Crippen molar-refractivity contribution >= 4 is 0 Å². The van der Waals surface area contributed by atoms with Gasteiger partial charge in [0, 0.05) is 0 Å². The van der Waals surface area contributed by atoms with Gasteiger partial charge in [-0.3, -0.25) is 0 Å². The minimum absolute atomic E-state index is 0.260. The summed E-state index contributed by atoms with van der Waals surface area (Å²) in [7, 11) is 0. The molecule has 1 atom stereocenters. The van der Waals surface area contributed by atoms with E-state index in [4.69, 9.17) is 9.84 Å². The Morgan fingerprint density at radius 3 is 1.94 bits per heavy atom. The molecule has 94 valence electrons. The van der Waals surface area contributed by atoms with Gasteiger partial charge < -0.3 is 14.9 Å². The van der Waals surface area contributed by atoms with E-state index in [1.165, 1.54) is 0 Å². The van der Waals surface area contributed by atoms with Gasteiger partial charge in [-0.15, -0.1) is 0 Å². The number of rotatable bonds is 4. The highest BCUT2D eigenvalue weighted by Gasteiger charge is 2.00. The fourth-order valence-corrected chi connectivity index (χ4v) is 1.61. The van der Waals surface area contributed by atoms with Crippen molar-refractivity contribution in [2.24, 2.45) is 0 Å². The summed E-state index contributed by atoms with van der Waals surface area (Å²) in [6, 6.07) is 14.7. The maximum absolute atomic E-state index is 9.23. The Morgan fingerprint density at radius 1 is 0.944 bits per heavy atom. The number of hydrogen-bond donors (Lipinski definition) is 2. The van der Waals surface area contributed by atoms with E-state index < -0.39 is 6.10 Å². The van der Waals surface area contributed by atoms with Crippen molar-refractivity contribution in [2.75, 3.05) is 6.61 Å². The second-order valence-corrected chi connectivity index (χ2v) is 4.23. The molecule has 0 saturated heterocycles. The first-order chi connectivity index (χ1) is 8.65. The van der Waals surface area contributed by atoms with Crippen LogP contribution in [0.3, 0.4) is 0 Å². The molecule has 18 heavy (non-hydrogen) atoms. The normalized spacial score (nSPS) is 12.1. The van der Waals surface area contributed by atoms with Crippen molar-refractivity contribution in [1.29, 1.82) is 0 Å². The lowest BCUT2D eigenvalue weighted by atomic mass is 10.1. The third-order valence-corrected chi connectivity index (χ3v) is 2.55. The molecule has 0 amide bonds. The van der Waals surface area contributed by atoms with Gasteiger partial charge in [-0.05, 0) is 42.3 Å². The lowest BCUT2D eigenvalue weighted by Crippen LogP contribution is -2.12. The summed E-state index contributed by atoms with van der Waals surface area (Å²) in [5.41, 5.74) is 2.09. The minimum atomic E-state index is -0.471. The van der Waals surface area contributed by atoms with E-state index in [1.54, 1.807) is 19.1 Å². The predicted molar refractivity (Wildman–Crippen MR) is 70.7 cm³/mol. The number of aromatic hydroxyl groups is 1. The maximum Gasteiger partial charge on any atom is 0.119 e. The van der Waals surface area contributed by atoms with E-state index in [-0.39, 0.29) is 5.75 Å². The average Bonchev–Trinajstić information content (AvgIpc) is 2.38. The van der Waals surface area contributed by atoms with Crippen LogP contribution in [0.1, 0.15) is 6.92 Å². The van der Waals surface area contributed by atoms with Crippen LogP contribution >= 0.6 is 0 Å². The van der Waals surface area contributed by atoms with E-state index in [1.807, 2.05) is 36.4 Å². The smallest absolute Gasteiger partial charge is 0.119 e. The molecule has 2 aromatic rings. The Morgan fingerprint density at radius 2 is 1.44 bits per heavy atom. The largest absolute Gasteiger partial charge is 0.508 e. The zero-order valence-corrected chi connectivity index (χ0v) is 10.2. The van der Waals surface area contributed by atoms with Crippen LogP contribution in [0.5, 0.6) is 11.5 Å². The van der Waals surface area contributed by atoms with Crippen molar-refractivity contribution in [3.05, 3.63) is 48.5 Å². The summed E-state index contributed by atoms with van der Waals surface area (Å²) in [4.78, 5) is 0. The number of aliphatic hydroxyl groups is 1. The van der Waals surface area contributed by atoms with Crippen LogP contribution in [0, 0.1) is 0 Å². The molecule has 2 aromatic carbocycles. The molecule has 3 heteroatoms. The molecule has 0 aliphatic rings. The van der Waals surface area contributed by atoms with Crippen LogP contribution < -0.4 is 4.74 Å². The van der Waals surface area contributed by atoms with Crippen LogP contribution in [0.4, 0.5) is 0 Å². The molecule has 0 radical (unpaired) electrons. The highest BCUT2D eigenvalue weighted by molar-refractivity contribution is 5.64. The molecular formula is C15H16O3. The lowest BCUT2D eigenvalue weighted by Gasteiger charge is -2.09. The van der Waals surface area contributed by atoms with Gasteiger partial charge in [0.15, 0.2) is 0 Å². The van der Waals surface area contributed by atoms with E-state index in [0.29, 0.717) is 6.61 Å². The highest BCUT2D eigenvalue weighted by Crippen LogP contribution is 2.24. The summed E-state index contributed by atoms with van der Waals surface area (Å²) >= 11 is 0. The van der Waals surface area contributed by atoms with Gasteiger partial charge in [0.2, 0.25) is 0 Å². The zero-order valence-electron chi connectivity index (χ0n) is 10.2. The molecular weight excluding hydrogens is 228 g/mol. The molecule has 0 heterocycles. The number of phenols is 1. The van der Waals surface area contributed by atoms with Crippen molar-refractivity contribution < 1.29 is 14.9 Å². The molecule has 0 bridgehead atoms. The Labute approximate surface area is 106 Å². The predicted octanol–water partition coefficient (Wildman–Crippen LogP) is 2.82. The first-order valence-electron chi connectivity index (χ1n) is 5.85. The number of aliphatic hydroxyl groups excluding tert-OH is 1. The Kier molecular flexibility index (Phi) is 3.85. The molecule has 0 spiro atoms. The summed E-state index contributed by atoms with van der Waals surface area (Å²) in [5, 5.41) is 18.3. The highest BCUT2D eigenvalue weighted by atomic mass is 16.5. The minimum Gasteiger partial charge on any atom is -0.508 e. The second kappa shape index (κ2) is 5.56. The number of ether oxygens (including phenoxy) is 1. The first-order valence-corrected chi connectivity index (χ1v) is 5.85. The van der Waals surface area contributed by atoms with Gasteiger partial charge >= 0.3 is 0 Å². The van der Waals surface area contributed by atoms with E-state index >= 15 is 0 Å². The topological polar surface area (TPSA) is 49.7 Å². The van der Waals surface area contributed by atoms with Crippen molar-refractivity contribution in [3.63, 3.8) is 0 Å². The van der Waals surface area contributed by atoms with E-state index in [2.05, 4.69) is 0 Å². The summed E-state index contributed by atoms with van der Waals surface area (Å²) in [5.74, 6) is 0.995. The van der Waals surface area contributed by atoms with Crippen LogP contribution in [0.25, 0.3) is 11.1 Å². The number of hydrogen-bond acceptors (Lipinski definition) is 3. The van der Waals surface area contributed by atoms with Gasteiger partial charge in [0.05, 0.1) is 6.10 Å². The molecule has 0 aliphatic carbocycles. The molecule has 0 aliphatic heterocycles. The Bertz CT molecular complexity index is 486. The van der Waals surface area contributed by atoms with Gasteiger partial charge in [-0.2, -0.15) is 0 Å². The zero-order chi connectivity index (χ0) is 13.0. The molecule has 1 unspecified atom stereocenters. The third kappa shape index (κ3) is 3.25. The fraction of sp³-hybridized carbons (Fsp3) is 0.200. The molecule has 2 rings (SSSR count). The molecule has 3 nitrogen and oxygen atoms in total. The van der Waals surface area contributed by atoms with Gasteiger partial charge in [0.1, 0.15) is 18.1 Å². The fourth-order valence-electron chi connectivity index (χ4n) is 1.61. The number of benzene rings is 2. The van der Waals surface area contributed by atoms with Crippen molar-refractivity contribution in [1.82, 2.24) is 0 Å². The molecule has 2 N–H and O–H groups in total. The SMILES string of the molecule is CC(O)COc1ccc(-c2ccc(O)cc2)cc1. The quantitative estimate of drug-likeness (QED) is 0.869. The maximum atomic E-state index is 9.23.